The standard InChI is InChI=1S/C20H30N4OS/c1-13(2)10-15-12-26-20-18(15)19(21-14(3)22-20)23-16-4-7-24(8-5-16)17-6-9-25-11-17/h12-13,16-17H,4-11H2,1-3H3,(H,21,22,23). The molecule has 2 saturated heterocycles. The Morgan fingerprint density at radius 2 is 2.08 bits per heavy atom. The molecule has 1 atom stereocenters. The molecule has 2 aliphatic heterocycles. The van der Waals surface area contributed by atoms with E-state index in [0.717, 1.165) is 49.2 Å². The van der Waals surface area contributed by atoms with Crippen LogP contribution in [0.4, 0.5) is 5.82 Å². The second kappa shape index (κ2) is 7.79. The van der Waals surface area contributed by atoms with Crippen molar-refractivity contribution < 1.29 is 4.74 Å². The smallest absolute Gasteiger partial charge is 0.139 e. The maximum atomic E-state index is 5.56. The summed E-state index contributed by atoms with van der Waals surface area (Å²) in [6.45, 7) is 10.7. The zero-order chi connectivity index (χ0) is 18.1. The molecule has 0 amide bonds. The van der Waals surface area contributed by atoms with Crippen molar-refractivity contribution in [3.05, 3.63) is 16.8 Å². The van der Waals surface area contributed by atoms with Gasteiger partial charge < -0.3 is 10.1 Å². The van der Waals surface area contributed by atoms with Crippen LogP contribution >= 0.6 is 11.3 Å². The van der Waals surface area contributed by atoms with Crippen molar-refractivity contribution in [2.24, 2.45) is 5.92 Å². The summed E-state index contributed by atoms with van der Waals surface area (Å²) in [6.07, 6.45) is 4.62. The quantitative estimate of drug-likeness (QED) is 0.861. The molecule has 4 heterocycles. The normalized spacial score (nSPS) is 22.5. The van der Waals surface area contributed by atoms with Crippen molar-refractivity contribution >= 4 is 27.4 Å². The van der Waals surface area contributed by atoms with Crippen molar-refractivity contribution in [3.8, 4) is 0 Å². The average molecular weight is 375 g/mol. The van der Waals surface area contributed by atoms with Gasteiger partial charge in [0.05, 0.1) is 12.0 Å². The zero-order valence-corrected chi connectivity index (χ0v) is 16.9. The summed E-state index contributed by atoms with van der Waals surface area (Å²) in [4.78, 5) is 13.2. The predicted octanol–water partition coefficient (Wildman–Crippen LogP) is 3.86. The van der Waals surface area contributed by atoms with Crippen LogP contribution in [0.5, 0.6) is 0 Å². The highest BCUT2D eigenvalue weighted by Gasteiger charge is 2.28. The molecule has 2 aliphatic rings. The highest BCUT2D eigenvalue weighted by molar-refractivity contribution is 7.17. The molecule has 1 unspecified atom stereocenters. The van der Waals surface area contributed by atoms with Crippen LogP contribution in [0.3, 0.4) is 0 Å². The Balaban J connectivity index is 1.49. The maximum absolute atomic E-state index is 5.56. The molecule has 4 rings (SSSR count). The Hall–Kier alpha value is -1.24. The van der Waals surface area contributed by atoms with E-state index in [0.29, 0.717) is 18.0 Å². The largest absolute Gasteiger partial charge is 0.380 e. The molecule has 0 radical (unpaired) electrons. The number of nitrogens with zero attached hydrogens (tertiary/aromatic N) is 3. The van der Waals surface area contributed by atoms with Gasteiger partial charge >= 0.3 is 0 Å². The number of hydrogen-bond donors (Lipinski definition) is 1. The number of aromatic nitrogens is 2. The second-order valence-electron chi connectivity index (χ2n) is 8.13. The third-order valence-electron chi connectivity index (χ3n) is 5.54. The minimum atomic E-state index is 0.498. The highest BCUT2D eigenvalue weighted by atomic mass is 32.1. The number of fused-ring (bicyclic) bond motifs is 1. The summed E-state index contributed by atoms with van der Waals surface area (Å²) >= 11 is 1.75. The minimum Gasteiger partial charge on any atom is -0.380 e. The van der Waals surface area contributed by atoms with Gasteiger partial charge in [0, 0.05) is 31.8 Å². The number of anilines is 1. The summed E-state index contributed by atoms with van der Waals surface area (Å²) in [6, 6.07) is 1.14. The number of likely N-dealkylation sites (tertiary alicyclic amines) is 1. The molecule has 6 heteroatoms. The number of rotatable bonds is 5. The van der Waals surface area contributed by atoms with Crippen molar-refractivity contribution in [3.63, 3.8) is 0 Å². The monoisotopic (exact) mass is 374 g/mol. The third kappa shape index (κ3) is 3.87. The molecule has 2 aromatic rings. The van der Waals surface area contributed by atoms with E-state index in [-0.39, 0.29) is 0 Å². The number of thiophene rings is 1. The zero-order valence-electron chi connectivity index (χ0n) is 16.1. The van der Waals surface area contributed by atoms with Crippen LogP contribution in [0, 0.1) is 12.8 Å². The Morgan fingerprint density at radius 1 is 1.27 bits per heavy atom. The van der Waals surface area contributed by atoms with E-state index in [1.165, 1.54) is 30.2 Å². The summed E-state index contributed by atoms with van der Waals surface area (Å²) in [7, 11) is 0. The number of hydrogen-bond acceptors (Lipinski definition) is 6. The van der Waals surface area contributed by atoms with Crippen LogP contribution in [0.25, 0.3) is 10.2 Å². The van der Waals surface area contributed by atoms with Crippen LogP contribution in [-0.4, -0.2) is 53.3 Å². The van der Waals surface area contributed by atoms with E-state index < -0.39 is 0 Å². The molecule has 0 aromatic carbocycles. The number of piperidine rings is 1. The summed E-state index contributed by atoms with van der Waals surface area (Å²) in [5.74, 6) is 2.55. The first kappa shape index (κ1) is 18.1. The van der Waals surface area contributed by atoms with Gasteiger partial charge in [-0.1, -0.05) is 13.8 Å². The van der Waals surface area contributed by atoms with Gasteiger partial charge in [0.25, 0.3) is 0 Å². The van der Waals surface area contributed by atoms with Gasteiger partial charge in [-0.15, -0.1) is 11.3 Å². The topological polar surface area (TPSA) is 50.3 Å². The van der Waals surface area contributed by atoms with Crippen LogP contribution in [0.15, 0.2) is 5.38 Å². The lowest BCUT2D eigenvalue weighted by Crippen LogP contribution is -2.45. The SMILES string of the molecule is Cc1nc(NC2CCN(C3CCOC3)CC2)c2c(CC(C)C)csc2n1. The van der Waals surface area contributed by atoms with Gasteiger partial charge in [-0.25, -0.2) is 9.97 Å². The fourth-order valence-corrected chi connectivity index (χ4v) is 5.21. The van der Waals surface area contributed by atoms with Crippen LogP contribution < -0.4 is 5.32 Å². The van der Waals surface area contributed by atoms with E-state index in [2.05, 4.69) is 34.4 Å². The fraction of sp³-hybridized carbons (Fsp3) is 0.700. The van der Waals surface area contributed by atoms with Crippen LogP contribution in [-0.2, 0) is 11.2 Å². The lowest BCUT2D eigenvalue weighted by Gasteiger charge is -2.35. The van der Waals surface area contributed by atoms with Crippen LogP contribution in [0.2, 0.25) is 0 Å². The first-order valence-corrected chi connectivity index (χ1v) is 10.8. The summed E-state index contributed by atoms with van der Waals surface area (Å²) in [5, 5.41) is 7.29. The lowest BCUT2D eigenvalue weighted by molar-refractivity contribution is 0.124. The predicted molar refractivity (Wildman–Crippen MR) is 108 cm³/mol. The molecular formula is C20H30N4OS. The van der Waals surface area contributed by atoms with E-state index in [9.17, 15) is 0 Å². The van der Waals surface area contributed by atoms with Gasteiger partial charge in [-0.05, 0) is 49.5 Å². The molecular weight excluding hydrogens is 344 g/mol. The minimum absolute atomic E-state index is 0.498. The molecule has 0 bridgehead atoms. The molecule has 1 N–H and O–H groups in total. The van der Waals surface area contributed by atoms with Gasteiger partial charge in [-0.2, -0.15) is 0 Å². The van der Waals surface area contributed by atoms with Gasteiger partial charge in [0.15, 0.2) is 0 Å². The average Bonchev–Trinajstić information content (AvgIpc) is 3.25. The summed E-state index contributed by atoms with van der Waals surface area (Å²) < 4.78 is 5.56. The molecule has 2 fully saturated rings. The van der Waals surface area contributed by atoms with E-state index in [4.69, 9.17) is 9.72 Å². The molecule has 26 heavy (non-hydrogen) atoms. The van der Waals surface area contributed by atoms with E-state index in [1.54, 1.807) is 11.3 Å². The molecule has 0 spiro atoms. The summed E-state index contributed by atoms with van der Waals surface area (Å²) in [5.41, 5.74) is 1.39. The highest BCUT2D eigenvalue weighted by Crippen LogP contribution is 2.33. The van der Waals surface area contributed by atoms with Crippen molar-refractivity contribution in [1.29, 1.82) is 0 Å². The maximum Gasteiger partial charge on any atom is 0.139 e. The van der Waals surface area contributed by atoms with Gasteiger partial charge in [-0.3, -0.25) is 4.90 Å². The van der Waals surface area contributed by atoms with Gasteiger partial charge in [0.2, 0.25) is 0 Å². The Kier molecular flexibility index (Phi) is 5.43. The number of nitrogens with one attached hydrogen (secondary N) is 1. The van der Waals surface area contributed by atoms with E-state index >= 15 is 0 Å². The first-order valence-electron chi connectivity index (χ1n) is 9.93. The van der Waals surface area contributed by atoms with E-state index in [1.807, 2.05) is 6.92 Å². The van der Waals surface area contributed by atoms with Gasteiger partial charge in [0.1, 0.15) is 16.5 Å². The molecule has 0 saturated carbocycles. The lowest BCUT2D eigenvalue weighted by atomic mass is 10.0. The molecule has 0 aliphatic carbocycles. The Morgan fingerprint density at radius 3 is 2.77 bits per heavy atom. The van der Waals surface area contributed by atoms with Crippen molar-refractivity contribution in [2.45, 2.75) is 58.5 Å². The number of ether oxygens (including phenoxy) is 1. The Bertz CT molecular complexity index is 746. The third-order valence-corrected chi connectivity index (χ3v) is 6.46. The fourth-order valence-electron chi connectivity index (χ4n) is 4.21. The molecule has 2 aromatic heterocycles. The molecule has 5 nitrogen and oxygen atoms in total. The second-order valence-corrected chi connectivity index (χ2v) is 8.99. The molecule has 142 valence electrons. The number of aryl methyl sites for hydroxylation is 1. The van der Waals surface area contributed by atoms with Crippen LogP contribution in [0.1, 0.15) is 44.5 Å². The Labute approximate surface area is 160 Å². The van der Waals surface area contributed by atoms with Crippen molar-refractivity contribution in [1.82, 2.24) is 14.9 Å². The first-order chi connectivity index (χ1) is 12.6. The van der Waals surface area contributed by atoms with Crippen molar-refractivity contribution in [2.75, 3.05) is 31.6 Å².